The standard InChI is InChI=1S/C14H17BrN4/c15-10-6-11(13(16)17-7-10)14-18-8-12(19-14)9-4-2-1-3-5-9/h6-9H,1-5H2,(H2,16,17)(H,18,19). The van der Waals surface area contributed by atoms with Crippen LogP contribution in [0.25, 0.3) is 11.4 Å². The van der Waals surface area contributed by atoms with Gasteiger partial charge in [-0.3, -0.25) is 0 Å². The van der Waals surface area contributed by atoms with Gasteiger partial charge in [0.2, 0.25) is 0 Å². The molecule has 1 aliphatic rings. The zero-order valence-corrected chi connectivity index (χ0v) is 12.3. The number of hydrogen-bond acceptors (Lipinski definition) is 3. The van der Waals surface area contributed by atoms with Crippen LogP contribution in [0.3, 0.4) is 0 Å². The van der Waals surface area contributed by atoms with Crippen LogP contribution in [0.4, 0.5) is 5.82 Å². The van der Waals surface area contributed by atoms with Crippen LogP contribution in [0.1, 0.15) is 43.7 Å². The second-order valence-electron chi connectivity index (χ2n) is 5.11. The highest BCUT2D eigenvalue weighted by molar-refractivity contribution is 9.10. The van der Waals surface area contributed by atoms with Gasteiger partial charge in [-0.25, -0.2) is 9.97 Å². The minimum atomic E-state index is 0.507. The molecular formula is C14H17BrN4. The molecule has 0 unspecified atom stereocenters. The lowest BCUT2D eigenvalue weighted by Crippen LogP contribution is -2.04. The number of rotatable bonds is 2. The van der Waals surface area contributed by atoms with Gasteiger partial charge in [-0.2, -0.15) is 0 Å². The highest BCUT2D eigenvalue weighted by Gasteiger charge is 2.18. The maximum absolute atomic E-state index is 5.92. The van der Waals surface area contributed by atoms with Crippen LogP contribution < -0.4 is 5.73 Å². The van der Waals surface area contributed by atoms with Gasteiger partial charge in [0, 0.05) is 28.5 Å². The van der Waals surface area contributed by atoms with Crippen molar-refractivity contribution < 1.29 is 0 Å². The van der Waals surface area contributed by atoms with Crippen LogP contribution in [-0.4, -0.2) is 15.0 Å². The van der Waals surface area contributed by atoms with Crippen LogP contribution >= 0.6 is 15.9 Å². The zero-order valence-electron chi connectivity index (χ0n) is 10.7. The molecule has 1 aliphatic carbocycles. The Bertz CT molecular complexity index is 573. The lowest BCUT2D eigenvalue weighted by Gasteiger charge is -2.19. The summed E-state index contributed by atoms with van der Waals surface area (Å²) in [5.74, 6) is 1.94. The van der Waals surface area contributed by atoms with E-state index in [4.69, 9.17) is 5.73 Å². The van der Waals surface area contributed by atoms with Crippen molar-refractivity contribution in [1.29, 1.82) is 0 Å². The van der Waals surface area contributed by atoms with E-state index in [0.29, 0.717) is 11.7 Å². The molecule has 0 bridgehead atoms. The van der Waals surface area contributed by atoms with Crippen LogP contribution in [0.2, 0.25) is 0 Å². The Kier molecular flexibility index (Phi) is 3.55. The lowest BCUT2D eigenvalue weighted by molar-refractivity contribution is 0.438. The molecule has 4 nitrogen and oxygen atoms in total. The number of nitrogens with zero attached hydrogens (tertiary/aromatic N) is 2. The number of nitrogens with one attached hydrogen (secondary N) is 1. The van der Waals surface area contributed by atoms with Gasteiger partial charge < -0.3 is 10.7 Å². The van der Waals surface area contributed by atoms with E-state index in [1.54, 1.807) is 6.20 Å². The molecule has 0 aliphatic heterocycles. The fourth-order valence-electron chi connectivity index (χ4n) is 2.73. The van der Waals surface area contributed by atoms with Gasteiger partial charge in [-0.05, 0) is 34.8 Å². The Morgan fingerprint density at radius 3 is 2.74 bits per heavy atom. The zero-order chi connectivity index (χ0) is 13.2. The van der Waals surface area contributed by atoms with Crippen molar-refractivity contribution in [2.24, 2.45) is 0 Å². The number of pyridine rings is 1. The van der Waals surface area contributed by atoms with E-state index in [1.807, 2.05) is 12.3 Å². The summed E-state index contributed by atoms with van der Waals surface area (Å²) in [6.45, 7) is 0. The molecule has 0 saturated heterocycles. The number of aromatic amines is 1. The summed E-state index contributed by atoms with van der Waals surface area (Å²) < 4.78 is 0.910. The van der Waals surface area contributed by atoms with E-state index in [2.05, 4.69) is 30.9 Å². The van der Waals surface area contributed by atoms with E-state index in [9.17, 15) is 0 Å². The van der Waals surface area contributed by atoms with Crippen molar-refractivity contribution in [1.82, 2.24) is 15.0 Å². The monoisotopic (exact) mass is 320 g/mol. The van der Waals surface area contributed by atoms with E-state index in [-0.39, 0.29) is 0 Å². The van der Waals surface area contributed by atoms with E-state index in [1.165, 1.54) is 37.8 Å². The Balaban J connectivity index is 1.89. The molecule has 3 rings (SSSR count). The first kappa shape index (κ1) is 12.7. The SMILES string of the molecule is Nc1ncc(Br)cc1-c1ncc(C2CCCCC2)[nH]1. The Hall–Kier alpha value is -1.36. The van der Waals surface area contributed by atoms with Crippen molar-refractivity contribution in [3.63, 3.8) is 0 Å². The number of nitrogens with two attached hydrogens (primary N) is 1. The molecule has 5 heteroatoms. The average molecular weight is 321 g/mol. The maximum atomic E-state index is 5.92. The fraction of sp³-hybridized carbons (Fsp3) is 0.429. The molecule has 2 aromatic heterocycles. The van der Waals surface area contributed by atoms with Gasteiger partial charge >= 0.3 is 0 Å². The smallest absolute Gasteiger partial charge is 0.141 e. The molecule has 19 heavy (non-hydrogen) atoms. The number of hydrogen-bond donors (Lipinski definition) is 2. The van der Waals surface area contributed by atoms with Gasteiger partial charge in [-0.1, -0.05) is 19.3 Å². The predicted octanol–water partition coefficient (Wildman–Crippen LogP) is 3.86. The third kappa shape index (κ3) is 2.66. The summed E-state index contributed by atoms with van der Waals surface area (Å²) in [5.41, 5.74) is 8.01. The Labute approximate surface area is 121 Å². The van der Waals surface area contributed by atoms with Gasteiger partial charge in [-0.15, -0.1) is 0 Å². The van der Waals surface area contributed by atoms with Gasteiger partial charge in [0.1, 0.15) is 11.6 Å². The quantitative estimate of drug-likeness (QED) is 0.882. The highest BCUT2D eigenvalue weighted by Crippen LogP contribution is 2.33. The fourth-order valence-corrected chi connectivity index (χ4v) is 3.06. The van der Waals surface area contributed by atoms with Crippen molar-refractivity contribution in [2.45, 2.75) is 38.0 Å². The molecular weight excluding hydrogens is 304 g/mol. The van der Waals surface area contributed by atoms with E-state index < -0.39 is 0 Å². The highest BCUT2D eigenvalue weighted by atomic mass is 79.9. The summed E-state index contributed by atoms with van der Waals surface area (Å²) in [6, 6.07) is 1.95. The largest absolute Gasteiger partial charge is 0.383 e. The third-order valence-corrected chi connectivity index (χ3v) is 4.21. The van der Waals surface area contributed by atoms with Crippen LogP contribution in [-0.2, 0) is 0 Å². The normalized spacial score (nSPS) is 16.7. The number of nitrogen functional groups attached to an aromatic ring is 1. The van der Waals surface area contributed by atoms with Crippen LogP contribution in [0, 0.1) is 0 Å². The van der Waals surface area contributed by atoms with Gasteiger partial charge in [0.15, 0.2) is 0 Å². The van der Waals surface area contributed by atoms with Gasteiger partial charge in [0.05, 0.1) is 5.56 Å². The first-order valence-corrected chi connectivity index (χ1v) is 7.49. The van der Waals surface area contributed by atoms with Crippen LogP contribution in [0.5, 0.6) is 0 Å². The average Bonchev–Trinajstić information content (AvgIpc) is 2.92. The molecule has 3 N–H and O–H groups in total. The summed E-state index contributed by atoms with van der Waals surface area (Å²) in [5, 5.41) is 0. The van der Waals surface area contributed by atoms with E-state index >= 15 is 0 Å². The second kappa shape index (κ2) is 5.33. The number of H-pyrrole nitrogens is 1. The predicted molar refractivity (Wildman–Crippen MR) is 79.8 cm³/mol. The third-order valence-electron chi connectivity index (χ3n) is 3.78. The molecule has 0 spiro atoms. The molecule has 0 amide bonds. The first-order valence-electron chi connectivity index (χ1n) is 6.70. The topological polar surface area (TPSA) is 67.6 Å². The Morgan fingerprint density at radius 1 is 1.16 bits per heavy atom. The molecule has 2 aromatic rings. The molecule has 2 heterocycles. The summed E-state index contributed by atoms with van der Waals surface area (Å²) in [6.07, 6.45) is 10.2. The molecule has 1 saturated carbocycles. The first-order chi connectivity index (χ1) is 9.24. The molecule has 1 fully saturated rings. The number of anilines is 1. The van der Waals surface area contributed by atoms with Crippen LogP contribution in [0.15, 0.2) is 22.9 Å². The van der Waals surface area contributed by atoms with Crippen molar-refractivity contribution >= 4 is 21.7 Å². The molecule has 100 valence electrons. The minimum Gasteiger partial charge on any atom is -0.383 e. The summed E-state index contributed by atoms with van der Waals surface area (Å²) >= 11 is 3.42. The molecule has 0 atom stereocenters. The second-order valence-corrected chi connectivity index (χ2v) is 6.02. The summed E-state index contributed by atoms with van der Waals surface area (Å²) in [7, 11) is 0. The van der Waals surface area contributed by atoms with Crippen molar-refractivity contribution in [2.75, 3.05) is 5.73 Å². The van der Waals surface area contributed by atoms with Crippen molar-refractivity contribution in [3.05, 3.63) is 28.6 Å². The maximum Gasteiger partial charge on any atom is 0.141 e. The number of halogens is 1. The number of aromatic nitrogens is 3. The van der Waals surface area contributed by atoms with Crippen molar-refractivity contribution in [3.8, 4) is 11.4 Å². The molecule has 0 aromatic carbocycles. The van der Waals surface area contributed by atoms with Gasteiger partial charge in [0.25, 0.3) is 0 Å². The summed E-state index contributed by atoms with van der Waals surface area (Å²) in [4.78, 5) is 12.0. The minimum absolute atomic E-state index is 0.507. The van der Waals surface area contributed by atoms with E-state index in [0.717, 1.165) is 15.9 Å². The Morgan fingerprint density at radius 2 is 1.95 bits per heavy atom. The lowest BCUT2D eigenvalue weighted by atomic mass is 9.87. The molecule has 0 radical (unpaired) electrons. The number of imidazole rings is 1.